The van der Waals surface area contributed by atoms with Gasteiger partial charge in [-0.15, -0.1) is 0 Å². The van der Waals surface area contributed by atoms with Crippen molar-refractivity contribution >= 4 is 5.78 Å². The lowest BCUT2D eigenvalue weighted by Crippen LogP contribution is -2.70. The summed E-state index contributed by atoms with van der Waals surface area (Å²) in [6, 6.07) is 0. The molecule has 0 bridgehead atoms. The first kappa shape index (κ1) is 20.8. The number of aliphatic hydroxyl groups excluding tert-OH is 2. The van der Waals surface area contributed by atoms with Gasteiger partial charge in [0, 0.05) is 17.8 Å². The van der Waals surface area contributed by atoms with E-state index in [1.54, 1.807) is 19.1 Å². The van der Waals surface area contributed by atoms with E-state index in [-0.39, 0.29) is 24.5 Å². The Morgan fingerprint density at radius 3 is 2.56 bits per heavy atom. The van der Waals surface area contributed by atoms with Crippen molar-refractivity contribution in [1.82, 2.24) is 0 Å². The molecule has 0 amide bonds. The first-order chi connectivity index (χ1) is 12.7. The van der Waals surface area contributed by atoms with Crippen molar-refractivity contribution in [2.75, 3.05) is 6.61 Å². The highest BCUT2D eigenvalue weighted by molar-refractivity contribution is 5.96. The number of Topliss-reactive ketones (excluding diaryl/α,β-unsaturated/α-hetero) is 1. The molecule has 0 aromatic carbocycles. The zero-order valence-electron chi connectivity index (χ0n) is 15.6. The molecule has 0 radical (unpaired) electrons. The molecule has 0 aromatic heterocycles. The standard InChI is InChI=1S/C20H29F3O4/c1-12-17-14(7-8-15(24)13-5-3-2-4-6-13)16(25)9-10-19(17,18(12)26)27-11-20(21,22)23/h7-8,12-17,24-25H,2-6,9-11H2,1H3/b8-7+/t12?,14-,15+,16+,17+,19+/m0/s1. The Hall–Kier alpha value is -0.920. The average molecular weight is 390 g/mol. The van der Waals surface area contributed by atoms with Crippen molar-refractivity contribution in [2.24, 2.45) is 23.7 Å². The van der Waals surface area contributed by atoms with Gasteiger partial charge in [0.1, 0.15) is 12.2 Å². The third-order valence-electron chi connectivity index (χ3n) is 6.73. The first-order valence-electron chi connectivity index (χ1n) is 9.95. The molecule has 27 heavy (non-hydrogen) atoms. The highest BCUT2D eigenvalue weighted by Gasteiger charge is 2.66. The predicted octanol–water partition coefficient (Wildman–Crippen LogP) is 3.41. The van der Waals surface area contributed by atoms with Crippen LogP contribution >= 0.6 is 0 Å². The van der Waals surface area contributed by atoms with E-state index in [0.717, 1.165) is 25.7 Å². The second-order valence-electron chi connectivity index (χ2n) is 8.43. The number of ketones is 1. The van der Waals surface area contributed by atoms with Crippen LogP contribution in [0.1, 0.15) is 51.9 Å². The fourth-order valence-corrected chi connectivity index (χ4v) is 5.32. The molecule has 6 atom stereocenters. The first-order valence-corrected chi connectivity index (χ1v) is 9.95. The molecule has 0 spiro atoms. The minimum atomic E-state index is -4.50. The molecule has 0 heterocycles. The fraction of sp³-hybridized carbons (Fsp3) is 0.850. The van der Waals surface area contributed by atoms with Gasteiger partial charge in [-0.25, -0.2) is 0 Å². The van der Waals surface area contributed by atoms with Crippen LogP contribution in [0.4, 0.5) is 13.2 Å². The van der Waals surface area contributed by atoms with E-state index < -0.39 is 48.3 Å². The second kappa shape index (κ2) is 7.84. The molecule has 3 aliphatic rings. The molecule has 3 aliphatic carbocycles. The lowest BCUT2D eigenvalue weighted by molar-refractivity contribution is -0.252. The maximum absolute atomic E-state index is 12.7. The molecule has 1 unspecified atom stereocenters. The molecule has 0 aliphatic heterocycles. The fourth-order valence-electron chi connectivity index (χ4n) is 5.32. The number of fused-ring (bicyclic) bond motifs is 1. The number of aliphatic hydroxyl groups is 2. The van der Waals surface area contributed by atoms with Gasteiger partial charge in [-0.3, -0.25) is 4.79 Å². The van der Waals surface area contributed by atoms with Crippen molar-refractivity contribution in [2.45, 2.75) is 75.9 Å². The lowest BCUT2D eigenvalue weighted by Gasteiger charge is -2.58. The van der Waals surface area contributed by atoms with Crippen LogP contribution in [-0.2, 0) is 9.53 Å². The predicted molar refractivity (Wildman–Crippen MR) is 92.9 cm³/mol. The number of hydrogen-bond acceptors (Lipinski definition) is 4. The summed E-state index contributed by atoms with van der Waals surface area (Å²) in [6.45, 7) is 0.220. The van der Waals surface area contributed by atoms with Gasteiger partial charge in [0.15, 0.2) is 5.78 Å². The van der Waals surface area contributed by atoms with Crippen molar-refractivity contribution in [3.8, 4) is 0 Å². The van der Waals surface area contributed by atoms with Crippen LogP contribution in [0.5, 0.6) is 0 Å². The minimum absolute atomic E-state index is 0.105. The topological polar surface area (TPSA) is 66.8 Å². The molecule has 154 valence electrons. The van der Waals surface area contributed by atoms with E-state index in [1.165, 1.54) is 6.42 Å². The number of carbonyl (C=O) groups is 1. The molecule has 2 N–H and O–H groups in total. The van der Waals surface area contributed by atoms with Gasteiger partial charge in [-0.1, -0.05) is 38.3 Å². The van der Waals surface area contributed by atoms with E-state index in [9.17, 15) is 28.2 Å². The van der Waals surface area contributed by atoms with Crippen LogP contribution in [0.2, 0.25) is 0 Å². The quantitative estimate of drug-likeness (QED) is 0.706. The Labute approximate surface area is 157 Å². The zero-order chi connectivity index (χ0) is 19.8. The summed E-state index contributed by atoms with van der Waals surface area (Å²) >= 11 is 0. The number of alkyl halides is 3. The molecular weight excluding hydrogens is 361 g/mol. The van der Waals surface area contributed by atoms with Crippen molar-refractivity contribution in [1.29, 1.82) is 0 Å². The van der Waals surface area contributed by atoms with Crippen LogP contribution in [0.15, 0.2) is 12.2 Å². The number of carbonyl (C=O) groups excluding carboxylic acids is 1. The van der Waals surface area contributed by atoms with Crippen LogP contribution in [0, 0.1) is 23.7 Å². The molecule has 0 saturated heterocycles. The van der Waals surface area contributed by atoms with Gasteiger partial charge in [0.05, 0.1) is 12.2 Å². The molecular formula is C20H29F3O4. The van der Waals surface area contributed by atoms with E-state index in [2.05, 4.69) is 0 Å². The van der Waals surface area contributed by atoms with Crippen molar-refractivity contribution in [3.05, 3.63) is 12.2 Å². The zero-order valence-corrected chi connectivity index (χ0v) is 15.6. The average Bonchev–Trinajstić information content (AvgIpc) is 2.64. The van der Waals surface area contributed by atoms with E-state index in [4.69, 9.17) is 4.74 Å². The molecule has 7 heteroatoms. The third kappa shape index (κ3) is 4.10. The van der Waals surface area contributed by atoms with E-state index in [1.807, 2.05) is 0 Å². The number of halogens is 3. The molecule has 0 aromatic rings. The highest BCUT2D eigenvalue weighted by atomic mass is 19.4. The Morgan fingerprint density at radius 2 is 1.93 bits per heavy atom. The van der Waals surface area contributed by atoms with Crippen molar-refractivity contribution < 1.29 is 32.9 Å². The summed E-state index contributed by atoms with van der Waals surface area (Å²) in [7, 11) is 0. The van der Waals surface area contributed by atoms with Crippen LogP contribution < -0.4 is 0 Å². The Morgan fingerprint density at radius 1 is 1.26 bits per heavy atom. The molecule has 3 rings (SSSR count). The van der Waals surface area contributed by atoms with Gasteiger partial charge >= 0.3 is 6.18 Å². The van der Waals surface area contributed by atoms with Crippen LogP contribution in [0.3, 0.4) is 0 Å². The maximum Gasteiger partial charge on any atom is 0.411 e. The Kier molecular flexibility index (Phi) is 6.04. The van der Waals surface area contributed by atoms with Gasteiger partial charge in [0.2, 0.25) is 0 Å². The molecule has 3 fully saturated rings. The lowest BCUT2D eigenvalue weighted by atomic mass is 9.50. The smallest absolute Gasteiger partial charge is 0.393 e. The normalized spacial score (nSPS) is 39.3. The van der Waals surface area contributed by atoms with E-state index in [0.29, 0.717) is 0 Å². The third-order valence-corrected chi connectivity index (χ3v) is 6.73. The Bertz CT molecular complexity index is 570. The molecule has 3 saturated carbocycles. The largest absolute Gasteiger partial charge is 0.411 e. The van der Waals surface area contributed by atoms with Gasteiger partial charge in [-0.2, -0.15) is 13.2 Å². The highest BCUT2D eigenvalue weighted by Crippen LogP contribution is 2.55. The number of rotatable bonds is 5. The summed E-state index contributed by atoms with van der Waals surface area (Å²) in [5.41, 5.74) is -1.46. The van der Waals surface area contributed by atoms with Gasteiger partial charge in [0.25, 0.3) is 0 Å². The summed E-state index contributed by atoms with van der Waals surface area (Å²) in [5.74, 6) is -1.57. The monoisotopic (exact) mass is 390 g/mol. The van der Waals surface area contributed by atoms with Gasteiger partial charge < -0.3 is 14.9 Å². The SMILES string of the molecule is CC1C(=O)[C@@]2(OCC(F)(F)F)CC[C@@H](O)[C@H](/C=C/[C@@H](O)C3CCCCC3)[C@@H]12. The number of ether oxygens (including phenoxy) is 1. The Balaban J connectivity index is 1.73. The summed E-state index contributed by atoms with van der Waals surface area (Å²) in [4.78, 5) is 12.4. The van der Waals surface area contributed by atoms with Crippen LogP contribution in [0.25, 0.3) is 0 Å². The van der Waals surface area contributed by atoms with Crippen molar-refractivity contribution in [3.63, 3.8) is 0 Å². The minimum Gasteiger partial charge on any atom is -0.393 e. The second-order valence-corrected chi connectivity index (χ2v) is 8.43. The summed E-state index contributed by atoms with van der Waals surface area (Å²) in [5, 5.41) is 20.9. The summed E-state index contributed by atoms with van der Waals surface area (Å²) in [6.07, 6.45) is 3.07. The van der Waals surface area contributed by atoms with E-state index >= 15 is 0 Å². The maximum atomic E-state index is 12.7. The molecule has 4 nitrogen and oxygen atoms in total. The van der Waals surface area contributed by atoms with Crippen LogP contribution in [-0.4, -0.2) is 46.6 Å². The number of hydrogen-bond donors (Lipinski definition) is 2. The van der Waals surface area contributed by atoms with Gasteiger partial charge in [-0.05, 0) is 31.6 Å². The summed E-state index contributed by atoms with van der Waals surface area (Å²) < 4.78 is 43.1.